The zero-order valence-corrected chi connectivity index (χ0v) is 11.2. The molecule has 22 heavy (non-hydrogen) atoms. The Hall–Kier alpha value is -3.46. The molecular weight excluding hydrogens is 282 g/mol. The number of carboxylic acids is 1. The lowest BCUT2D eigenvalue weighted by Crippen LogP contribution is -1.97. The number of carboxylic acid groups (broad SMARTS) is 1. The van der Waals surface area contributed by atoms with Crippen LogP contribution in [0.1, 0.15) is 5.89 Å². The highest BCUT2D eigenvalue weighted by Gasteiger charge is 2.11. The van der Waals surface area contributed by atoms with Crippen molar-refractivity contribution in [2.24, 2.45) is 0 Å². The highest BCUT2D eigenvalue weighted by molar-refractivity contribution is 5.95. The number of rotatable bonds is 3. The molecule has 0 saturated carbocycles. The Balaban J connectivity index is 1.99. The number of fused-ring (bicyclic) bond motifs is 1. The third-order valence-corrected chi connectivity index (χ3v) is 3.06. The third kappa shape index (κ3) is 2.55. The summed E-state index contributed by atoms with van der Waals surface area (Å²) in [6.45, 7) is 0. The molecule has 106 valence electrons. The Labute approximate surface area is 124 Å². The Morgan fingerprint density at radius 2 is 1.95 bits per heavy atom. The minimum atomic E-state index is -1.34. The lowest BCUT2D eigenvalue weighted by Gasteiger charge is -1.99. The first-order chi connectivity index (χ1) is 10.7. The molecule has 0 amide bonds. The van der Waals surface area contributed by atoms with Gasteiger partial charge >= 0.3 is 5.97 Å². The maximum atomic E-state index is 10.8. The normalized spacial score (nSPS) is 11.3. The van der Waals surface area contributed by atoms with Gasteiger partial charge in [0.2, 0.25) is 11.8 Å². The zero-order valence-electron chi connectivity index (χ0n) is 11.2. The van der Waals surface area contributed by atoms with Gasteiger partial charge in [-0.2, -0.15) is 5.26 Å². The first-order valence-corrected chi connectivity index (χ1v) is 6.35. The van der Waals surface area contributed by atoms with Crippen LogP contribution in [0.25, 0.3) is 28.3 Å². The number of hydrogen-bond acceptors (Lipinski definition) is 5. The summed E-state index contributed by atoms with van der Waals surface area (Å²) in [5.74, 6) is -1.10. The van der Waals surface area contributed by atoms with Crippen LogP contribution in [0, 0.1) is 11.3 Å². The number of aliphatic carboxylic acids is 1. The molecule has 0 unspecified atom stereocenters. The standard InChI is InChI=1S/C16H9N3O3/c17-9-13(16(20)21)8-14-18-19-15(22-14)12-6-5-10-3-1-2-4-11(10)7-12/h1-8H,(H,20,21)/b13-8+. The van der Waals surface area contributed by atoms with Crippen molar-refractivity contribution in [1.29, 1.82) is 5.26 Å². The monoisotopic (exact) mass is 291 g/mol. The van der Waals surface area contributed by atoms with Gasteiger partial charge in [-0.15, -0.1) is 10.2 Å². The lowest BCUT2D eigenvalue weighted by atomic mass is 10.1. The topological polar surface area (TPSA) is 100 Å². The molecule has 0 saturated heterocycles. The summed E-state index contributed by atoms with van der Waals surface area (Å²) in [5.41, 5.74) is 0.258. The van der Waals surface area contributed by atoms with Crippen molar-refractivity contribution >= 4 is 22.8 Å². The Bertz CT molecular complexity index is 935. The van der Waals surface area contributed by atoms with Crippen molar-refractivity contribution in [1.82, 2.24) is 10.2 Å². The minimum absolute atomic E-state index is 0.0258. The van der Waals surface area contributed by atoms with Gasteiger partial charge in [-0.25, -0.2) is 4.79 Å². The maximum absolute atomic E-state index is 10.8. The second-order valence-electron chi connectivity index (χ2n) is 4.48. The fourth-order valence-corrected chi connectivity index (χ4v) is 2.00. The number of nitriles is 1. The maximum Gasteiger partial charge on any atom is 0.346 e. The first kappa shape index (κ1) is 13.5. The fourth-order valence-electron chi connectivity index (χ4n) is 2.00. The van der Waals surface area contributed by atoms with Crippen LogP contribution in [-0.4, -0.2) is 21.3 Å². The van der Waals surface area contributed by atoms with Crippen molar-refractivity contribution in [2.75, 3.05) is 0 Å². The second-order valence-corrected chi connectivity index (χ2v) is 4.48. The van der Waals surface area contributed by atoms with Gasteiger partial charge in [0.25, 0.3) is 0 Å². The summed E-state index contributed by atoms with van der Waals surface area (Å²) in [4.78, 5) is 10.8. The molecule has 0 atom stereocenters. The smallest absolute Gasteiger partial charge is 0.346 e. The van der Waals surface area contributed by atoms with E-state index in [1.165, 1.54) is 0 Å². The number of nitrogens with zero attached hydrogens (tertiary/aromatic N) is 3. The molecule has 0 aliphatic carbocycles. The van der Waals surface area contributed by atoms with E-state index in [4.69, 9.17) is 14.8 Å². The van der Waals surface area contributed by atoms with Gasteiger partial charge in [-0.05, 0) is 22.9 Å². The Kier molecular flexibility index (Phi) is 3.38. The summed E-state index contributed by atoms with van der Waals surface area (Å²) >= 11 is 0. The van der Waals surface area contributed by atoms with E-state index in [1.54, 1.807) is 6.07 Å². The van der Waals surface area contributed by atoms with Gasteiger partial charge in [-0.1, -0.05) is 30.3 Å². The van der Waals surface area contributed by atoms with E-state index in [-0.39, 0.29) is 11.8 Å². The minimum Gasteiger partial charge on any atom is -0.477 e. The molecule has 1 N–H and O–H groups in total. The molecule has 0 radical (unpaired) electrons. The van der Waals surface area contributed by atoms with Crippen molar-refractivity contribution in [3.63, 3.8) is 0 Å². The first-order valence-electron chi connectivity index (χ1n) is 6.35. The molecule has 0 aliphatic rings. The molecule has 2 aromatic carbocycles. The molecule has 0 bridgehead atoms. The van der Waals surface area contributed by atoms with Crippen LogP contribution in [0.3, 0.4) is 0 Å². The summed E-state index contributed by atoms with van der Waals surface area (Å²) in [5, 5.41) is 27.2. The van der Waals surface area contributed by atoms with Gasteiger partial charge in [-0.3, -0.25) is 0 Å². The summed E-state index contributed by atoms with van der Waals surface area (Å²) in [7, 11) is 0. The van der Waals surface area contributed by atoms with E-state index in [0.717, 1.165) is 22.4 Å². The average Bonchev–Trinajstić information content (AvgIpc) is 3.00. The average molecular weight is 291 g/mol. The molecule has 1 aromatic heterocycles. The highest BCUT2D eigenvalue weighted by atomic mass is 16.4. The third-order valence-electron chi connectivity index (χ3n) is 3.06. The van der Waals surface area contributed by atoms with Gasteiger partial charge in [0.15, 0.2) is 0 Å². The van der Waals surface area contributed by atoms with Crippen molar-refractivity contribution < 1.29 is 14.3 Å². The van der Waals surface area contributed by atoms with E-state index in [9.17, 15) is 4.79 Å². The molecule has 1 heterocycles. The second kappa shape index (κ2) is 5.50. The van der Waals surface area contributed by atoms with E-state index >= 15 is 0 Å². The van der Waals surface area contributed by atoms with Gasteiger partial charge in [0, 0.05) is 11.6 Å². The van der Waals surface area contributed by atoms with Crippen molar-refractivity contribution in [3.8, 4) is 17.5 Å². The summed E-state index contributed by atoms with van der Waals surface area (Å²) in [6, 6.07) is 15.1. The molecule has 0 fully saturated rings. The number of carbonyl (C=O) groups is 1. The quantitative estimate of drug-likeness (QED) is 0.588. The lowest BCUT2D eigenvalue weighted by molar-refractivity contribution is -0.132. The summed E-state index contributed by atoms with van der Waals surface area (Å²) in [6.07, 6.45) is 1.04. The molecule has 0 spiro atoms. The number of benzene rings is 2. The largest absolute Gasteiger partial charge is 0.477 e. The van der Waals surface area contributed by atoms with E-state index in [1.807, 2.05) is 42.5 Å². The molecule has 6 nitrogen and oxygen atoms in total. The van der Waals surface area contributed by atoms with E-state index in [2.05, 4.69) is 10.2 Å². The van der Waals surface area contributed by atoms with E-state index in [0.29, 0.717) is 0 Å². The van der Waals surface area contributed by atoms with Crippen LogP contribution in [0.4, 0.5) is 0 Å². The Morgan fingerprint density at radius 3 is 2.68 bits per heavy atom. The molecule has 3 aromatic rings. The molecule has 0 aliphatic heterocycles. The summed E-state index contributed by atoms with van der Waals surface area (Å²) < 4.78 is 5.39. The molecule has 3 rings (SSSR count). The predicted molar refractivity (Wildman–Crippen MR) is 78.5 cm³/mol. The SMILES string of the molecule is N#C/C(=C\c1nnc(-c2ccc3ccccc3c2)o1)C(=O)O. The van der Waals surface area contributed by atoms with Crippen LogP contribution in [0.2, 0.25) is 0 Å². The van der Waals surface area contributed by atoms with Gasteiger partial charge in [0.05, 0.1) is 0 Å². The van der Waals surface area contributed by atoms with Crippen LogP contribution >= 0.6 is 0 Å². The van der Waals surface area contributed by atoms with Crippen molar-refractivity contribution in [3.05, 3.63) is 53.9 Å². The van der Waals surface area contributed by atoms with Crippen LogP contribution in [0.5, 0.6) is 0 Å². The van der Waals surface area contributed by atoms with Gasteiger partial charge in [0.1, 0.15) is 11.6 Å². The predicted octanol–water partition coefficient (Wildman–Crippen LogP) is 2.88. The fraction of sp³-hybridized carbons (Fsp3) is 0. The highest BCUT2D eigenvalue weighted by Crippen LogP contribution is 2.23. The van der Waals surface area contributed by atoms with Crippen LogP contribution < -0.4 is 0 Å². The van der Waals surface area contributed by atoms with Crippen LogP contribution in [-0.2, 0) is 4.79 Å². The van der Waals surface area contributed by atoms with Crippen LogP contribution in [0.15, 0.2) is 52.5 Å². The van der Waals surface area contributed by atoms with Gasteiger partial charge < -0.3 is 9.52 Å². The molecule has 6 heteroatoms. The van der Waals surface area contributed by atoms with E-state index < -0.39 is 11.5 Å². The number of hydrogen-bond donors (Lipinski definition) is 1. The zero-order chi connectivity index (χ0) is 15.5. The molecular formula is C16H9N3O3. The van der Waals surface area contributed by atoms with Crippen molar-refractivity contribution in [2.45, 2.75) is 0 Å². The number of aromatic nitrogens is 2. The Morgan fingerprint density at radius 1 is 1.18 bits per heavy atom.